The van der Waals surface area contributed by atoms with Crippen LogP contribution in [0.1, 0.15) is 22.9 Å². The van der Waals surface area contributed by atoms with Crippen molar-refractivity contribution in [1.82, 2.24) is 9.55 Å². The van der Waals surface area contributed by atoms with Crippen LogP contribution in [0.3, 0.4) is 0 Å². The Morgan fingerprint density at radius 2 is 1.97 bits per heavy atom. The molecule has 6 nitrogen and oxygen atoms in total. The van der Waals surface area contributed by atoms with Gasteiger partial charge in [-0.05, 0) is 67.8 Å². The summed E-state index contributed by atoms with van der Waals surface area (Å²) in [6.07, 6.45) is 0.716. The molecule has 2 heterocycles. The molecule has 1 amide bonds. The highest BCUT2D eigenvalue weighted by Gasteiger charge is 2.21. The van der Waals surface area contributed by atoms with Gasteiger partial charge in [0.25, 0.3) is 5.56 Å². The summed E-state index contributed by atoms with van der Waals surface area (Å²) in [6.45, 7) is 5.81. The third kappa shape index (κ3) is 4.81. The highest BCUT2D eigenvalue weighted by Crippen LogP contribution is 2.32. The van der Waals surface area contributed by atoms with Crippen molar-refractivity contribution in [3.05, 3.63) is 72.8 Å². The van der Waals surface area contributed by atoms with Crippen LogP contribution in [0.4, 0.5) is 5.69 Å². The molecule has 2 N–H and O–H groups in total. The molecule has 176 valence electrons. The number of hydrogen-bond acceptors (Lipinski definition) is 6. The van der Waals surface area contributed by atoms with Gasteiger partial charge in [0, 0.05) is 9.90 Å². The first-order chi connectivity index (χ1) is 16.2. The number of aromatic hydroxyl groups is 1. The zero-order chi connectivity index (χ0) is 24.6. The van der Waals surface area contributed by atoms with Gasteiger partial charge in [-0.15, -0.1) is 11.3 Å². The summed E-state index contributed by atoms with van der Waals surface area (Å²) in [4.78, 5) is 32.9. The van der Waals surface area contributed by atoms with Gasteiger partial charge in [-0.25, -0.2) is 4.98 Å². The predicted octanol–water partition coefficient (Wildman–Crippen LogP) is 6.37. The monoisotopic (exact) mass is 533 g/mol. The fraction of sp³-hybridized carbons (Fsp3) is 0.208. The molecule has 0 radical (unpaired) electrons. The molecule has 4 rings (SSSR count). The number of fused-ring (bicyclic) bond motifs is 1. The van der Waals surface area contributed by atoms with Crippen LogP contribution in [-0.4, -0.2) is 26.3 Å². The topological polar surface area (TPSA) is 84.2 Å². The van der Waals surface area contributed by atoms with Crippen LogP contribution in [0, 0.1) is 13.8 Å². The molecule has 2 aromatic heterocycles. The number of anilines is 1. The van der Waals surface area contributed by atoms with Gasteiger partial charge in [0.1, 0.15) is 10.6 Å². The van der Waals surface area contributed by atoms with Crippen molar-refractivity contribution < 1.29 is 9.90 Å². The average Bonchev–Trinajstić information content (AvgIpc) is 3.10. The SMILES string of the molecule is CCc1c(C)sc2nc(SCC(=O)Nc3ccc(Cl)cc3Cl)n(-c3ccc(O)cc3C)c(=O)c12. The Balaban J connectivity index is 1.75. The fourth-order valence-corrected chi connectivity index (χ4v) is 6.15. The lowest BCUT2D eigenvalue weighted by Crippen LogP contribution is -2.23. The van der Waals surface area contributed by atoms with Gasteiger partial charge in [-0.3, -0.25) is 14.2 Å². The summed E-state index contributed by atoms with van der Waals surface area (Å²) in [7, 11) is 0. The second-order valence-corrected chi connectivity index (χ2v) is 10.6. The van der Waals surface area contributed by atoms with Gasteiger partial charge >= 0.3 is 0 Å². The number of aryl methyl sites for hydroxylation is 3. The van der Waals surface area contributed by atoms with Crippen molar-refractivity contribution >= 4 is 68.1 Å². The molecular weight excluding hydrogens is 513 g/mol. The number of thiophene rings is 1. The molecule has 0 saturated heterocycles. The number of aromatic nitrogens is 2. The average molecular weight is 534 g/mol. The summed E-state index contributed by atoms with van der Waals surface area (Å²) in [5.74, 6) is -0.175. The first kappa shape index (κ1) is 24.6. The normalized spacial score (nSPS) is 11.2. The van der Waals surface area contributed by atoms with Crippen LogP contribution in [0.15, 0.2) is 46.3 Å². The molecule has 0 fully saturated rings. The first-order valence-corrected chi connectivity index (χ1v) is 13.0. The maximum Gasteiger partial charge on any atom is 0.267 e. The predicted molar refractivity (Wildman–Crippen MR) is 142 cm³/mol. The van der Waals surface area contributed by atoms with Crippen molar-refractivity contribution in [3.63, 3.8) is 0 Å². The minimum Gasteiger partial charge on any atom is -0.508 e. The van der Waals surface area contributed by atoms with Crippen molar-refractivity contribution in [2.75, 3.05) is 11.1 Å². The van der Waals surface area contributed by atoms with E-state index in [-0.39, 0.29) is 23.0 Å². The minimum absolute atomic E-state index is 0.0129. The molecule has 2 aromatic carbocycles. The largest absolute Gasteiger partial charge is 0.508 e. The van der Waals surface area contributed by atoms with E-state index < -0.39 is 0 Å². The lowest BCUT2D eigenvalue weighted by atomic mass is 10.1. The third-order valence-electron chi connectivity index (χ3n) is 5.31. The Morgan fingerprint density at radius 1 is 1.21 bits per heavy atom. The summed E-state index contributed by atoms with van der Waals surface area (Å²) < 4.78 is 1.52. The molecule has 4 aromatic rings. The molecule has 0 bridgehead atoms. The van der Waals surface area contributed by atoms with Crippen LogP contribution < -0.4 is 10.9 Å². The molecule has 0 saturated carbocycles. The van der Waals surface area contributed by atoms with E-state index in [1.165, 1.54) is 22.0 Å². The smallest absolute Gasteiger partial charge is 0.267 e. The van der Waals surface area contributed by atoms with E-state index in [0.717, 1.165) is 22.2 Å². The number of hydrogen-bond donors (Lipinski definition) is 2. The number of thioether (sulfide) groups is 1. The lowest BCUT2D eigenvalue weighted by molar-refractivity contribution is -0.113. The molecule has 0 atom stereocenters. The quantitative estimate of drug-likeness (QED) is 0.222. The van der Waals surface area contributed by atoms with E-state index in [1.54, 1.807) is 30.3 Å². The van der Waals surface area contributed by atoms with Crippen LogP contribution in [0.2, 0.25) is 10.0 Å². The molecule has 34 heavy (non-hydrogen) atoms. The standard InChI is InChI=1S/C24H21Cl2N3O3S2/c1-4-16-13(3)34-22-21(16)23(32)29(19-8-6-15(30)9-12(19)2)24(28-22)33-11-20(31)27-18-7-5-14(25)10-17(18)26/h5-10,30H,4,11H2,1-3H3,(H,27,31). The molecule has 0 unspecified atom stereocenters. The van der Waals surface area contributed by atoms with Crippen LogP contribution in [0.5, 0.6) is 5.75 Å². The van der Waals surface area contributed by atoms with E-state index in [1.807, 2.05) is 20.8 Å². The molecule has 10 heteroatoms. The van der Waals surface area contributed by atoms with E-state index in [4.69, 9.17) is 28.2 Å². The van der Waals surface area contributed by atoms with Gasteiger partial charge in [-0.1, -0.05) is 41.9 Å². The van der Waals surface area contributed by atoms with Crippen molar-refractivity contribution in [2.45, 2.75) is 32.3 Å². The number of amides is 1. The number of carbonyl (C=O) groups is 1. The summed E-state index contributed by atoms with van der Waals surface area (Å²) in [6, 6.07) is 9.63. The molecule has 0 spiro atoms. The Hall–Kier alpha value is -2.52. The number of benzene rings is 2. The van der Waals surface area contributed by atoms with Gasteiger partial charge in [0.05, 0.1) is 27.5 Å². The van der Waals surface area contributed by atoms with E-state index >= 15 is 0 Å². The number of rotatable bonds is 6. The molecule has 0 aliphatic carbocycles. The van der Waals surface area contributed by atoms with Gasteiger partial charge in [0.15, 0.2) is 5.16 Å². The number of phenols is 1. The van der Waals surface area contributed by atoms with E-state index in [2.05, 4.69) is 5.32 Å². The lowest BCUT2D eigenvalue weighted by Gasteiger charge is -2.15. The summed E-state index contributed by atoms with van der Waals surface area (Å²) in [5.41, 5.74) is 2.56. The van der Waals surface area contributed by atoms with E-state index in [0.29, 0.717) is 48.8 Å². The Bertz CT molecular complexity index is 1480. The molecule has 0 aliphatic heterocycles. The summed E-state index contributed by atoms with van der Waals surface area (Å²) in [5, 5.41) is 14.4. The third-order valence-corrected chi connectivity index (χ3v) is 7.84. The fourth-order valence-electron chi connectivity index (χ4n) is 3.73. The molecular formula is C24H21Cl2N3O3S2. The van der Waals surface area contributed by atoms with Crippen LogP contribution in [-0.2, 0) is 11.2 Å². The second kappa shape index (κ2) is 10.00. The maximum atomic E-state index is 13.7. The van der Waals surface area contributed by atoms with Gasteiger partial charge < -0.3 is 10.4 Å². The number of nitrogens with zero attached hydrogens (tertiary/aromatic N) is 2. The highest BCUT2D eigenvalue weighted by atomic mass is 35.5. The van der Waals surface area contributed by atoms with E-state index in [9.17, 15) is 14.7 Å². The molecule has 0 aliphatic rings. The van der Waals surface area contributed by atoms with Crippen LogP contribution >= 0.6 is 46.3 Å². The minimum atomic E-state index is -0.297. The van der Waals surface area contributed by atoms with Crippen molar-refractivity contribution in [2.24, 2.45) is 0 Å². The Labute approximate surface area is 214 Å². The number of carbonyl (C=O) groups excluding carboxylic acids is 1. The zero-order valence-corrected chi connectivity index (χ0v) is 21.8. The Morgan fingerprint density at radius 3 is 2.65 bits per heavy atom. The summed E-state index contributed by atoms with van der Waals surface area (Å²) >= 11 is 14.7. The first-order valence-electron chi connectivity index (χ1n) is 10.4. The van der Waals surface area contributed by atoms with Crippen molar-refractivity contribution in [3.8, 4) is 11.4 Å². The van der Waals surface area contributed by atoms with Gasteiger partial charge in [0.2, 0.25) is 5.91 Å². The van der Waals surface area contributed by atoms with Gasteiger partial charge in [-0.2, -0.15) is 0 Å². The maximum absolute atomic E-state index is 13.7. The number of nitrogens with one attached hydrogen (secondary N) is 1. The van der Waals surface area contributed by atoms with Crippen LogP contribution in [0.25, 0.3) is 15.9 Å². The zero-order valence-electron chi connectivity index (χ0n) is 18.6. The van der Waals surface area contributed by atoms with Crippen molar-refractivity contribution in [1.29, 1.82) is 0 Å². The Kier molecular flexibility index (Phi) is 7.23. The number of halogens is 2. The highest BCUT2D eigenvalue weighted by molar-refractivity contribution is 7.99. The second-order valence-electron chi connectivity index (χ2n) is 7.64. The number of phenolic OH excluding ortho intramolecular Hbond substituents is 1.